The van der Waals surface area contributed by atoms with Crippen LogP contribution >= 0.6 is 12.4 Å². The summed E-state index contributed by atoms with van der Waals surface area (Å²) in [4.78, 5) is 26.6. The van der Waals surface area contributed by atoms with E-state index in [0.29, 0.717) is 26.2 Å². The highest BCUT2D eigenvalue weighted by atomic mass is 35.5. The fourth-order valence-electron chi connectivity index (χ4n) is 2.47. The number of carbonyl (C=O) groups is 1. The van der Waals surface area contributed by atoms with Gasteiger partial charge in [-0.2, -0.15) is 0 Å². The van der Waals surface area contributed by atoms with Crippen LogP contribution < -0.4 is 16.3 Å². The van der Waals surface area contributed by atoms with Crippen molar-refractivity contribution in [2.24, 2.45) is 0 Å². The fourth-order valence-corrected chi connectivity index (χ4v) is 2.47. The van der Waals surface area contributed by atoms with Crippen molar-refractivity contribution >= 4 is 29.3 Å². The molecule has 0 radical (unpaired) electrons. The lowest BCUT2D eigenvalue weighted by Crippen LogP contribution is -2.48. The number of hydrogen-bond donors (Lipinski definition) is 3. The molecule has 3 N–H and O–H groups in total. The van der Waals surface area contributed by atoms with Gasteiger partial charge in [0.25, 0.3) is 5.91 Å². The molecule has 1 aliphatic heterocycles. The number of aromatic amines is 1. The molecule has 1 saturated heterocycles. The second-order valence-corrected chi connectivity index (χ2v) is 4.95. The minimum atomic E-state index is -0.446. The highest BCUT2D eigenvalue weighted by Gasteiger charge is 2.21. The summed E-state index contributed by atoms with van der Waals surface area (Å²) in [6.45, 7) is 2.66. The summed E-state index contributed by atoms with van der Waals surface area (Å²) in [5.74, 6) is -0.143. The van der Waals surface area contributed by atoms with Crippen LogP contribution in [0.25, 0.3) is 11.0 Å². The van der Waals surface area contributed by atoms with E-state index in [4.69, 9.17) is 4.74 Å². The van der Waals surface area contributed by atoms with Crippen molar-refractivity contribution in [3.8, 4) is 0 Å². The van der Waals surface area contributed by atoms with Crippen LogP contribution in [0.5, 0.6) is 0 Å². The number of halogens is 1. The molecule has 3 rings (SSSR count). The van der Waals surface area contributed by atoms with Gasteiger partial charge in [0.1, 0.15) is 6.10 Å². The SMILES string of the molecule is Cl.O=C(NCCn1c(=O)[nH]c2ccccc21)C1CNCCO1. The lowest BCUT2D eigenvalue weighted by molar-refractivity contribution is -0.134. The highest BCUT2D eigenvalue weighted by Crippen LogP contribution is 2.08. The molecule has 0 spiro atoms. The summed E-state index contributed by atoms with van der Waals surface area (Å²) >= 11 is 0. The third-order valence-corrected chi connectivity index (χ3v) is 3.54. The molecular weight excluding hydrogens is 308 g/mol. The number of morpholine rings is 1. The van der Waals surface area contributed by atoms with E-state index in [9.17, 15) is 9.59 Å². The van der Waals surface area contributed by atoms with E-state index >= 15 is 0 Å². The third-order valence-electron chi connectivity index (χ3n) is 3.54. The van der Waals surface area contributed by atoms with Gasteiger partial charge in [-0.05, 0) is 12.1 Å². The van der Waals surface area contributed by atoms with E-state index in [1.165, 1.54) is 0 Å². The lowest BCUT2D eigenvalue weighted by atomic mass is 10.3. The Morgan fingerprint density at radius 3 is 3.00 bits per heavy atom. The molecule has 7 nitrogen and oxygen atoms in total. The van der Waals surface area contributed by atoms with E-state index in [0.717, 1.165) is 17.6 Å². The van der Waals surface area contributed by atoms with E-state index in [1.807, 2.05) is 24.3 Å². The first kappa shape index (κ1) is 16.5. The van der Waals surface area contributed by atoms with E-state index < -0.39 is 6.10 Å². The predicted molar refractivity (Wildman–Crippen MR) is 85.4 cm³/mol. The Bertz CT molecular complexity index is 691. The highest BCUT2D eigenvalue weighted by molar-refractivity contribution is 5.85. The fraction of sp³-hybridized carbons (Fsp3) is 0.429. The van der Waals surface area contributed by atoms with Gasteiger partial charge in [0, 0.05) is 26.2 Å². The van der Waals surface area contributed by atoms with E-state index in [2.05, 4.69) is 15.6 Å². The number of rotatable bonds is 4. The Hall–Kier alpha value is -1.83. The van der Waals surface area contributed by atoms with Gasteiger partial charge in [-0.3, -0.25) is 9.36 Å². The Kier molecular flexibility index (Phi) is 5.59. The topological polar surface area (TPSA) is 88.2 Å². The molecule has 1 aliphatic rings. The molecule has 1 aromatic carbocycles. The molecule has 1 fully saturated rings. The molecule has 1 amide bonds. The van der Waals surface area contributed by atoms with Crippen molar-refractivity contribution in [2.45, 2.75) is 12.6 Å². The number of amides is 1. The van der Waals surface area contributed by atoms with Gasteiger partial charge in [0.05, 0.1) is 17.6 Å². The lowest BCUT2D eigenvalue weighted by Gasteiger charge is -2.22. The van der Waals surface area contributed by atoms with Gasteiger partial charge >= 0.3 is 5.69 Å². The van der Waals surface area contributed by atoms with Gasteiger partial charge in [0.15, 0.2) is 0 Å². The number of para-hydroxylation sites is 2. The van der Waals surface area contributed by atoms with Gasteiger partial charge < -0.3 is 20.4 Å². The van der Waals surface area contributed by atoms with Crippen LogP contribution in [0.15, 0.2) is 29.1 Å². The summed E-state index contributed by atoms with van der Waals surface area (Å²) in [5, 5.41) is 5.91. The second-order valence-electron chi connectivity index (χ2n) is 4.95. The number of aromatic nitrogens is 2. The van der Waals surface area contributed by atoms with Crippen LogP contribution in [0.2, 0.25) is 0 Å². The number of carbonyl (C=O) groups excluding carboxylic acids is 1. The summed E-state index contributed by atoms with van der Waals surface area (Å²) < 4.78 is 6.99. The molecule has 0 bridgehead atoms. The predicted octanol–water partition coefficient (Wildman–Crippen LogP) is -0.144. The van der Waals surface area contributed by atoms with Gasteiger partial charge in [-0.1, -0.05) is 12.1 Å². The number of hydrogen-bond acceptors (Lipinski definition) is 4. The zero-order chi connectivity index (χ0) is 14.7. The van der Waals surface area contributed by atoms with E-state index in [-0.39, 0.29) is 24.0 Å². The molecule has 2 heterocycles. The first-order valence-electron chi connectivity index (χ1n) is 7.03. The minimum absolute atomic E-state index is 0. The normalized spacial score (nSPS) is 17.9. The Morgan fingerprint density at radius 2 is 2.23 bits per heavy atom. The molecule has 1 unspecified atom stereocenters. The van der Waals surface area contributed by atoms with Crippen molar-refractivity contribution in [3.05, 3.63) is 34.7 Å². The monoisotopic (exact) mass is 326 g/mol. The second kappa shape index (κ2) is 7.44. The number of ether oxygens (including phenoxy) is 1. The maximum Gasteiger partial charge on any atom is 0.326 e. The van der Waals surface area contributed by atoms with Crippen molar-refractivity contribution in [2.75, 3.05) is 26.2 Å². The van der Waals surface area contributed by atoms with Gasteiger partial charge in [0.2, 0.25) is 0 Å². The van der Waals surface area contributed by atoms with Crippen LogP contribution in [0.4, 0.5) is 0 Å². The summed E-state index contributed by atoms with van der Waals surface area (Å²) in [6.07, 6.45) is -0.446. The van der Waals surface area contributed by atoms with Crippen LogP contribution in [0, 0.1) is 0 Å². The standard InChI is InChI=1S/C14H18N4O3.ClH/c19-13(12-9-15-6-8-21-12)16-5-7-18-11-4-2-1-3-10(11)17-14(18)20;/h1-4,12,15H,5-9H2,(H,16,19)(H,17,20);1H. The van der Waals surface area contributed by atoms with Crippen LogP contribution in [0.3, 0.4) is 0 Å². The maximum atomic E-state index is 11.9. The smallest absolute Gasteiger partial charge is 0.326 e. The quantitative estimate of drug-likeness (QED) is 0.729. The van der Waals surface area contributed by atoms with E-state index in [1.54, 1.807) is 4.57 Å². The molecule has 120 valence electrons. The molecule has 8 heteroatoms. The average Bonchev–Trinajstić information content (AvgIpc) is 2.84. The number of fused-ring (bicyclic) bond motifs is 1. The number of nitrogens with one attached hydrogen (secondary N) is 3. The first-order valence-corrected chi connectivity index (χ1v) is 7.03. The summed E-state index contributed by atoms with van der Waals surface area (Å²) in [7, 11) is 0. The zero-order valence-corrected chi connectivity index (χ0v) is 12.8. The summed E-state index contributed by atoms with van der Waals surface area (Å²) in [6, 6.07) is 7.49. The molecule has 1 atom stereocenters. The maximum absolute atomic E-state index is 11.9. The van der Waals surface area contributed by atoms with Crippen molar-refractivity contribution < 1.29 is 9.53 Å². The third kappa shape index (κ3) is 3.49. The number of benzene rings is 1. The molecule has 0 saturated carbocycles. The zero-order valence-electron chi connectivity index (χ0n) is 12.0. The molecule has 22 heavy (non-hydrogen) atoms. The molecule has 2 aromatic rings. The van der Waals surface area contributed by atoms with Gasteiger partial charge in [-0.15, -0.1) is 12.4 Å². The van der Waals surface area contributed by atoms with Crippen LogP contribution in [0.1, 0.15) is 0 Å². The van der Waals surface area contributed by atoms with Crippen molar-refractivity contribution in [1.29, 1.82) is 0 Å². The number of nitrogens with zero attached hydrogens (tertiary/aromatic N) is 1. The minimum Gasteiger partial charge on any atom is -0.366 e. The molecular formula is C14H19ClN4O3. The number of H-pyrrole nitrogens is 1. The molecule has 1 aromatic heterocycles. The Balaban J connectivity index is 0.00000176. The largest absolute Gasteiger partial charge is 0.366 e. The van der Waals surface area contributed by atoms with Crippen LogP contribution in [-0.2, 0) is 16.1 Å². The average molecular weight is 327 g/mol. The Labute approximate surface area is 133 Å². The van der Waals surface area contributed by atoms with Crippen molar-refractivity contribution in [1.82, 2.24) is 20.2 Å². The first-order chi connectivity index (χ1) is 10.3. The molecule has 0 aliphatic carbocycles. The van der Waals surface area contributed by atoms with Gasteiger partial charge in [-0.25, -0.2) is 4.79 Å². The number of imidazole rings is 1. The Morgan fingerprint density at radius 1 is 1.41 bits per heavy atom. The van der Waals surface area contributed by atoms with Crippen LogP contribution in [-0.4, -0.2) is 47.8 Å². The van der Waals surface area contributed by atoms with Crippen molar-refractivity contribution in [3.63, 3.8) is 0 Å². The summed E-state index contributed by atoms with van der Waals surface area (Å²) in [5.41, 5.74) is 1.47.